The molecule has 0 aliphatic carbocycles. The van der Waals surface area contributed by atoms with Crippen LogP contribution in [0.2, 0.25) is 0 Å². The first-order valence-electron chi connectivity index (χ1n) is 6.72. The highest BCUT2D eigenvalue weighted by atomic mass is 16.5. The molecule has 0 N–H and O–H groups in total. The van der Waals surface area contributed by atoms with Crippen LogP contribution < -0.4 is 0 Å². The van der Waals surface area contributed by atoms with Crippen LogP contribution in [-0.4, -0.2) is 19.0 Å². The predicted molar refractivity (Wildman–Crippen MR) is 74.9 cm³/mol. The highest BCUT2D eigenvalue weighted by Gasteiger charge is 2.16. The molecule has 0 spiro atoms. The molecule has 100 valence electrons. The van der Waals surface area contributed by atoms with E-state index >= 15 is 0 Å². The lowest BCUT2D eigenvalue weighted by atomic mass is 9.98. The van der Waals surface area contributed by atoms with Crippen LogP contribution in [0.15, 0.2) is 24.3 Å². The van der Waals surface area contributed by atoms with E-state index in [1.54, 1.807) is 7.11 Å². The monoisotopic (exact) mass is 248 g/mol. The van der Waals surface area contributed by atoms with Crippen LogP contribution in [-0.2, 0) is 16.0 Å². The lowest BCUT2D eigenvalue weighted by Crippen LogP contribution is -2.24. The lowest BCUT2D eigenvalue weighted by molar-refractivity contribution is -0.128. The maximum Gasteiger partial charge on any atom is 0.165 e. The van der Waals surface area contributed by atoms with E-state index in [0.717, 1.165) is 18.4 Å². The van der Waals surface area contributed by atoms with Crippen molar-refractivity contribution in [2.24, 2.45) is 0 Å². The number of carbonyl (C=O) groups excluding carboxylic acids is 1. The van der Waals surface area contributed by atoms with Crippen LogP contribution in [0.3, 0.4) is 0 Å². The number of ketones is 1. The molecule has 1 unspecified atom stereocenters. The first kappa shape index (κ1) is 14.9. The van der Waals surface area contributed by atoms with Gasteiger partial charge < -0.3 is 4.74 Å². The van der Waals surface area contributed by atoms with Gasteiger partial charge in [0.15, 0.2) is 5.78 Å². The summed E-state index contributed by atoms with van der Waals surface area (Å²) in [5, 5.41) is 0. The van der Waals surface area contributed by atoms with Gasteiger partial charge in [-0.05, 0) is 23.5 Å². The maximum atomic E-state index is 12.0. The Morgan fingerprint density at radius 3 is 2.28 bits per heavy atom. The molecule has 0 amide bonds. The van der Waals surface area contributed by atoms with Gasteiger partial charge in [-0.25, -0.2) is 0 Å². The van der Waals surface area contributed by atoms with E-state index in [1.807, 2.05) is 12.1 Å². The third kappa shape index (κ3) is 4.26. The fraction of sp³-hybridized carbons (Fsp3) is 0.562. The summed E-state index contributed by atoms with van der Waals surface area (Å²) in [6.07, 6.45) is 1.99. The van der Waals surface area contributed by atoms with Crippen molar-refractivity contribution in [3.05, 3.63) is 35.4 Å². The van der Waals surface area contributed by atoms with Gasteiger partial charge in [-0.3, -0.25) is 4.79 Å². The van der Waals surface area contributed by atoms with E-state index in [0.29, 0.717) is 12.3 Å². The minimum absolute atomic E-state index is 0.177. The molecule has 0 saturated carbocycles. The molecule has 0 radical (unpaired) electrons. The molecule has 2 nitrogen and oxygen atoms in total. The second-order valence-corrected chi connectivity index (χ2v) is 5.05. The fourth-order valence-corrected chi connectivity index (χ4v) is 2.01. The third-order valence-corrected chi connectivity index (χ3v) is 3.22. The SMILES string of the molecule is CCCC(OC)C(=O)Cc1ccc(C(C)C)cc1. The Morgan fingerprint density at radius 1 is 1.22 bits per heavy atom. The zero-order valence-electron chi connectivity index (χ0n) is 11.9. The van der Waals surface area contributed by atoms with Crippen LogP contribution >= 0.6 is 0 Å². The zero-order chi connectivity index (χ0) is 13.5. The Kier molecular flexibility index (Phi) is 6.06. The van der Waals surface area contributed by atoms with Gasteiger partial charge >= 0.3 is 0 Å². The summed E-state index contributed by atoms with van der Waals surface area (Å²) >= 11 is 0. The van der Waals surface area contributed by atoms with E-state index in [4.69, 9.17) is 4.74 Å². The minimum Gasteiger partial charge on any atom is -0.374 e. The number of Topliss-reactive ketones (excluding diaryl/α,β-unsaturated/α-hetero) is 1. The molecule has 1 atom stereocenters. The van der Waals surface area contributed by atoms with Crippen molar-refractivity contribution in [2.75, 3.05) is 7.11 Å². The fourth-order valence-electron chi connectivity index (χ4n) is 2.01. The van der Waals surface area contributed by atoms with Gasteiger partial charge in [-0.1, -0.05) is 51.5 Å². The summed E-state index contributed by atoms with van der Waals surface area (Å²) in [5.74, 6) is 0.707. The van der Waals surface area contributed by atoms with Crippen LogP contribution in [0.1, 0.15) is 50.7 Å². The summed E-state index contributed by atoms with van der Waals surface area (Å²) < 4.78 is 5.24. The van der Waals surface area contributed by atoms with Gasteiger partial charge in [0.05, 0.1) is 0 Å². The molecule has 2 heteroatoms. The summed E-state index contributed by atoms with van der Waals surface area (Å²) in [4.78, 5) is 12.0. The zero-order valence-corrected chi connectivity index (χ0v) is 11.9. The molecule has 0 heterocycles. The summed E-state index contributed by atoms with van der Waals surface area (Å²) in [6, 6.07) is 8.31. The molecular weight excluding hydrogens is 224 g/mol. The smallest absolute Gasteiger partial charge is 0.165 e. The number of ether oxygens (including phenoxy) is 1. The molecule has 0 aliphatic heterocycles. The van der Waals surface area contributed by atoms with Gasteiger partial charge in [-0.15, -0.1) is 0 Å². The number of benzene rings is 1. The van der Waals surface area contributed by atoms with Crippen molar-refractivity contribution in [1.29, 1.82) is 0 Å². The second-order valence-electron chi connectivity index (χ2n) is 5.05. The van der Waals surface area contributed by atoms with Crippen LogP contribution in [0.4, 0.5) is 0 Å². The Labute approximate surface area is 110 Å². The van der Waals surface area contributed by atoms with Gasteiger partial charge in [0.25, 0.3) is 0 Å². The largest absolute Gasteiger partial charge is 0.374 e. The van der Waals surface area contributed by atoms with Crippen molar-refractivity contribution in [2.45, 2.75) is 52.1 Å². The van der Waals surface area contributed by atoms with E-state index in [1.165, 1.54) is 5.56 Å². The van der Waals surface area contributed by atoms with E-state index in [-0.39, 0.29) is 11.9 Å². The number of rotatable bonds is 7. The maximum absolute atomic E-state index is 12.0. The summed E-state index contributed by atoms with van der Waals surface area (Å²) in [7, 11) is 1.61. The molecular formula is C16H24O2. The number of carbonyl (C=O) groups is 1. The van der Waals surface area contributed by atoms with Crippen molar-refractivity contribution in [1.82, 2.24) is 0 Å². The second kappa shape index (κ2) is 7.32. The molecule has 0 fully saturated rings. The Morgan fingerprint density at radius 2 is 1.83 bits per heavy atom. The molecule has 0 aliphatic rings. The summed E-state index contributed by atoms with van der Waals surface area (Å²) in [6.45, 7) is 6.40. The highest BCUT2D eigenvalue weighted by molar-refractivity contribution is 5.85. The Bertz CT molecular complexity index is 365. The number of methoxy groups -OCH3 is 1. The topological polar surface area (TPSA) is 26.3 Å². The minimum atomic E-state index is -0.250. The van der Waals surface area contributed by atoms with Gasteiger partial charge in [0.2, 0.25) is 0 Å². The average Bonchev–Trinajstić information content (AvgIpc) is 2.36. The van der Waals surface area contributed by atoms with Gasteiger partial charge in [0.1, 0.15) is 6.10 Å². The Hall–Kier alpha value is -1.15. The predicted octanol–water partition coefficient (Wildman–Crippen LogP) is 3.74. The summed E-state index contributed by atoms with van der Waals surface area (Å²) in [5.41, 5.74) is 2.38. The van der Waals surface area contributed by atoms with E-state index < -0.39 is 0 Å². The molecule has 0 bridgehead atoms. The van der Waals surface area contributed by atoms with Gasteiger partial charge in [0, 0.05) is 13.5 Å². The highest BCUT2D eigenvalue weighted by Crippen LogP contribution is 2.16. The molecule has 0 saturated heterocycles. The molecule has 1 rings (SSSR count). The molecule has 0 aromatic heterocycles. The van der Waals surface area contributed by atoms with Crippen LogP contribution in [0.5, 0.6) is 0 Å². The normalized spacial score (nSPS) is 12.7. The van der Waals surface area contributed by atoms with Crippen molar-refractivity contribution >= 4 is 5.78 Å². The molecule has 1 aromatic rings. The van der Waals surface area contributed by atoms with Crippen molar-refractivity contribution < 1.29 is 9.53 Å². The van der Waals surface area contributed by atoms with E-state index in [2.05, 4.69) is 32.9 Å². The first-order chi connectivity index (χ1) is 8.58. The first-order valence-corrected chi connectivity index (χ1v) is 6.72. The lowest BCUT2D eigenvalue weighted by Gasteiger charge is -2.13. The van der Waals surface area contributed by atoms with E-state index in [9.17, 15) is 4.79 Å². The molecule has 1 aromatic carbocycles. The number of hydrogen-bond donors (Lipinski definition) is 0. The Balaban J connectivity index is 2.63. The quantitative estimate of drug-likeness (QED) is 0.735. The van der Waals surface area contributed by atoms with Crippen LogP contribution in [0, 0.1) is 0 Å². The average molecular weight is 248 g/mol. The van der Waals surface area contributed by atoms with Crippen LogP contribution in [0.25, 0.3) is 0 Å². The molecule has 18 heavy (non-hydrogen) atoms. The number of hydrogen-bond acceptors (Lipinski definition) is 2. The van der Waals surface area contributed by atoms with Crippen molar-refractivity contribution in [3.63, 3.8) is 0 Å². The standard InChI is InChI=1S/C16H24O2/c1-5-6-16(18-4)15(17)11-13-7-9-14(10-8-13)12(2)3/h7-10,12,16H,5-6,11H2,1-4H3. The van der Waals surface area contributed by atoms with Gasteiger partial charge in [-0.2, -0.15) is 0 Å². The third-order valence-electron chi connectivity index (χ3n) is 3.22. The van der Waals surface area contributed by atoms with Crippen molar-refractivity contribution in [3.8, 4) is 0 Å².